The number of unbranched alkanes of at least 4 members (excludes halogenated alkanes) is 2. The van der Waals surface area contributed by atoms with Gasteiger partial charge in [0, 0.05) is 0 Å². The number of rotatable bonds is 10. The molecule has 0 atom stereocenters. The minimum Gasteiger partial charge on any atom is -0.494 e. The second-order valence-electron chi connectivity index (χ2n) is 7.24. The summed E-state index contributed by atoms with van der Waals surface area (Å²) in [5.41, 5.74) is 1.87. The van der Waals surface area contributed by atoms with E-state index in [9.17, 15) is 0 Å². The van der Waals surface area contributed by atoms with Gasteiger partial charge in [0.25, 0.3) is 0 Å². The molecule has 0 aromatic heterocycles. The van der Waals surface area contributed by atoms with Crippen molar-refractivity contribution in [1.82, 2.24) is 0 Å². The molecular formula is C23H28Cl2O2. The summed E-state index contributed by atoms with van der Waals surface area (Å²) >= 11 is 13.2. The fourth-order valence-electron chi connectivity index (χ4n) is 3.42. The highest BCUT2D eigenvalue weighted by Crippen LogP contribution is 2.68. The molecule has 3 rings (SSSR count). The van der Waals surface area contributed by atoms with Crippen LogP contribution in [0.3, 0.4) is 0 Å². The zero-order valence-electron chi connectivity index (χ0n) is 16.1. The Morgan fingerprint density at radius 1 is 0.741 bits per heavy atom. The number of hydrogen-bond acceptors (Lipinski definition) is 2. The first-order valence-corrected chi connectivity index (χ1v) is 10.6. The van der Waals surface area contributed by atoms with Gasteiger partial charge in [-0.3, -0.25) is 0 Å². The molecule has 1 fully saturated rings. The predicted molar refractivity (Wildman–Crippen MR) is 114 cm³/mol. The zero-order chi connectivity index (χ0) is 19.3. The van der Waals surface area contributed by atoms with Crippen LogP contribution in [0.25, 0.3) is 0 Å². The van der Waals surface area contributed by atoms with Crippen LogP contribution in [0.4, 0.5) is 0 Å². The van der Waals surface area contributed by atoms with E-state index in [-0.39, 0.29) is 5.41 Å². The Labute approximate surface area is 172 Å². The molecular weight excluding hydrogens is 379 g/mol. The largest absolute Gasteiger partial charge is 0.494 e. The molecule has 0 amide bonds. The van der Waals surface area contributed by atoms with Crippen molar-refractivity contribution in [2.24, 2.45) is 0 Å². The van der Waals surface area contributed by atoms with Crippen LogP contribution in [0.5, 0.6) is 11.5 Å². The Hall–Kier alpha value is -1.38. The summed E-state index contributed by atoms with van der Waals surface area (Å²) in [5, 5.41) is 0. The van der Waals surface area contributed by atoms with E-state index in [1.807, 2.05) is 24.3 Å². The van der Waals surface area contributed by atoms with E-state index in [0.29, 0.717) is 6.42 Å². The van der Waals surface area contributed by atoms with Gasteiger partial charge in [-0.15, -0.1) is 23.2 Å². The monoisotopic (exact) mass is 406 g/mol. The van der Waals surface area contributed by atoms with E-state index in [1.54, 1.807) is 0 Å². The molecule has 0 spiro atoms. The molecule has 1 aliphatic rings. The summed E-state index contributed by atoms with van der Waals surface area (Å²) < 4.78 is 10.8. The highest BCUT2D eigenvalue weighted by atomic mass is 35.5. The van der Waals surface area contributed by atoms with E-state index in [4.69, 9.17) is 32.7 Å². The Kier molecular flexibility index (Phi) is 6.60. The molecule has 4 heteroatoms. The van der Waals surface area contributed by atoms with Crippen molar-refractivity contribution >= 4 is 23.2 Å². The molecule has 2 aromatic rings. The number of halogens is 2. The maximum Gasteiger partial charge on any atom is 0.133 e. The van der Waals surface area contributed by atoms with Crippen LogP contribution < -0.4 is 9.47 Å². The number of benzene rings is 2. The van der Waals surface area contributed by atoms with Gasteiger partial charge in [-0.05, 0) is 54.7 Å². The summed E-state index contributed by atoms with van der Waals surface area (Å²) in [4.78, 5) is 0. The van der Waals surface area contributed by atoms with Crippen LogP contribution >= 0.6 is 23.2 Å². The van der Waals surface area contributed by atoms with Gasteiger partial charge >= 0.3 is 0 Å². The van der Waals surface area contributed by atoms with Crippen molar-refractivity contribution in [3.63, 3.8) is 0 Å². The topological polar surface area (TPSA) is 18.5 Å². The molecule has 0 heterocycles. The predicted octanol–water partition coefficient (Wildman–Crippen LogP) is 6.91. The Bertz CT molecular complexity index is 670. The third-order valence-electron chi connectivity index (χ3n) is 5.21. The highest BCUT2D eigenvalue weighted by molar-refractivity contribution is 6.52. The summed E-state index contributed by atoms with van der Waals surface area (Å²) in [6.07, 6.45) is 5.07. The van der Waals surface area contributed by atoms with Crippen molar-refractivity contribution in [2.45, 2.75) is 55.7 Å². The summed E-state index contributed by atoms with van der Waals surface area (Å²) in [7, 11) is 0. The van der Waals surface area contributed by atoms with E-state index < -0.39 is 4.33 Å². The van der Waals surface area contributed by atoms with Crippen molar-refractivity contribution < 1.29 is 9.47 Å². The lowest BCUT2D eigenvalue weighted by molar-refractivity contribution is 0.309. The minimum absolute atomic E-state index is 0.375. The maximum absolute atomic E-state index is 6.62. The molecule has 0 saturated heterocycles. The van der Waals surface area contributed by atoms with Crippen LogP contribution in [0.2, 0.25) is 0 Å². The molecule has 0 aliphatic heterocycles. The second-order valence-corrected chi connectivity index (χ2v) is 8.72. The van der Waals surface area contributed by atoms with Gasteiger partial charge in [0.05, 0.1) is 18.6 Å². The Morgan fingerprint density at radius 3 is 1.41 bits per heavy atom. The standard InChI is InChI=1S/C23H28Cl2O2/c1-3-5-15-26-20-11-7-18(8-12-20)22(17-23(22,24)25)19-9-13-21(14-10-19)27-16-6-4-2/h7-14H,3-6,15-17H2,1-2H3. The SMILES string of the molecule is CCCCOc1ccc(C2(c3ccc(OCCCC)cc3)CC2(Cl)Cl)cc1. The van der Waals surface area contributed by atoms with Crippen LogP contribution in [0.15, 0.2) is 48.5 Å². The van der Waals surface area contributed by atoms with E-state index in [2.05, 4.69) is 38.1 Å². The molecule has 0 N–H and O–H groups in total. The third kappa shape index (κ3) is 4.38. The van der Waals surface area contributed by atoms with Crippen molar-refractivity contribution in [3.05, 3.63) is 59.7 Å². The van der Waals surface area contributed by atoms with Crippen molar-refractivity contribution in [2.75, 3.05) is 13.2 Å². The Morgan fingerprint density at radius 2 is 1.11 bits per heavy atom. The van der Waals surface area contributed by atoms with Gasteiger partial charge in [0.1, 0.15) is 15.8 Å². The molecule has 1 aliphatic carbocycles. The maximum atomic E-state index is 6.62. The lowest BCUT2D eigenvalue weighted by Crippen LogP contribution is -2.17. The number of ether oxygens (including phenoxy) is 2. The van der Waals surface area contributed by atoms with Crippen LogP contribution in [0.1, 0.15) is 57.1 Å². The van der Waals surface area contributed by atoms with E-state index in [1.165, 1.54) is 0 Å². The van der Waals surface area contributed by atoms with E-state index in [0.717, 1.165) is 61.5 Å². The third-order valence-corrected chi connectivity index (χ3v) is 6.13. The molecule has 2 aromatic carbocycles. The minimum atomic E-state index is -0.790. The fourth-order valence-corrected chi connectivity index (χ4v) is 4.26. The lowest BCUT2D eigenvalue weighted by Gasteiger charge is -2.20. The molecule has 0 bridgehead atoms. The highest BCUT2D eigenvalue weighted by Gasteiger charge is 2.68. The van der Waals surface area contributed by atoms with Gasteiger partial charge in [-0.25, -0.2) is 0 Å². The zero-order valence-corrected chi connectivity index (χ0v) is 17.7. The number of alkyl halides is 2. The quantitative estimate of drug-likeness (QED) is 0.315. The van der Waals surface area contributed by atoms with Crippen molar-refractivity contribution in [1.29, 1.82) is 0 Å². The second kappa shape index (κ2) is 8.75. The van der Waals surface area contributed by atoms with Gasteiger partial charge in [0.15, 0.2) is 0 Å². The first-order valence-electron chi connectivity index (χ1n) is 9.88. The first-order chi connectivity index (χ1) is 13.0. The normalized spacial score (nSPS) is 16.7. The van der Waals surface area contributed by atoms with Gasteiger partial charge in [-0.1, -0.05) is 51.0 Å². The molecule has 2 nitrogen and oxygen atoms in total. The first kappa shape index (κ1) is 20.4. The smallest absolute Gasteiger partial charge is 0.133 e. The molecule has 1 saturated carbocycles. The number of hydrogen-bond donors (Lipinski definition) is 0. The molecule has 0 radical (unpaired) electrons. The Balaban J connectivity index is 1.76. The van der Waals surface area contributed by atoms with Crippen molar-refractivity contribution in [3.8, 4) is 11.5 Å². The van der Waals surface area contributed by atoms with E-state index >= 15 is 0 Å². The summed E-state index contributed by atoms with van der Waals surface area (Å²) in [6.45, 7) is 5.80. The van der Waals surface area contributed by atoms with Gasteiger partial charge in [0.2, 0.25) is 0 Å². The average Bonchev–Trinajstić information content (AvgIpc) is 3.27. The molecule has 27 heavy (non-hydrogen) atoms. The van der Waals surface area contributed by atoms with Gasteiger partial charge in [-0.2, -0.15) is 0 Å². The lowest BCUT2D eigenvalue weighted by atomic mass is 9.88. The van der Waals surface area contributed by atoms with Crippen LogP contribution in [0, 0.1) is 0 Å². The van der Waals surface area contributed by atoms with Crippen LogP contribution in [-0.2, 0) is 5.41 Å². The molecule has 146 valence electrons. The van der Waals surface area contributed by atoms with Gasteiger partial charge < -0.3 is 9.47 Å². The fraction of sp³-hybridized carbons (Fsp3) is 0.478. The average molecular weight is 407 g/mol. The summed E-state index contributed by atoms with van der Waals surface area (Å²) in [5.74, 6) is 1.77. The van der Waals surface area contributed by atoms with Crippen LogP contribution in [-0.4, -0.2) is 17.5 Å². The summed E-state index contributed by atoms with van der Waals surface area (Å²) in [6, 6.07) is 16.4. The molecule has 0 unspecified atom stereocenters.